The summed E-state index contributed by atoms with van der Waals surface area (Å²) < 4.78 is 1.80. The van der Waals surface area contributed by atoms with Crippen molar-refractivity contribution in [2.45, 2.75) is 13.5 Å². The summed E-state index contributed by atoms with van der Waals surface area (Å²) in [4.78, 5) is 4.20. The molecule has 14 heavy (non-hydrogen) atoms. The van der Waals surface area contributed by atoms with Gasteiger partial charge in [0.1, 0.15) is 6.33 Å². The first-order chi connectivity index (χ1) is 6.79. The van der Waals surface area contributed by atoms with Crippen molar-refractivity contribution in [2.75, 3.05) is 5.73 Å². The molecule has 0 radical (unpaired) electrons. The fourth-order valence-corrected chi connectivity index (χ4v) is 1.21. The first-order valence-electron chi connectivity index (χ1n) is 4.55. The van der Waals surface area contributed by atoms with Crippen LogP contribution < -0.4 is 5.73 Å². The predicted molar refractivity (Wildman–Crippen MR) is 55.5 cm³/mol. The van der Waals surface area contributed by atoms with Gasteiger partial charge in [-0.05, 0) is 31.2 Å². The lowest BCUT2D eigenvalue weighted by Crippen LogP contribution is -1.93. The second-order valence-corrected chi connectivity index (χ2v) is 3.05. The highest BCUT2D eigenvalue weighted by Gasteiger charge is 2.02. The number of nitrogens with two attached hydrogens (primary N) is 1. The van der Waals surface area contributed by atoms with Gasteiger partial charge in [-0.15, -0.1) is 0 Å². The maximum atomic E-state index is 5.59. The molecule has 0 fully saturated rings. The third kappa shape index (κ3) is 1.59. The van der Waals surface area contributed by atoms with Crippen molar-refractivity contribution in [1.29, 1.82) is 0 Å². The van der Waals surface area contributed by atoms with Crippen LogP contribution in [0, 0.1) is 0 Å². The van der Waals surface area contributed by atoms with Crippen molar-refractivity contribution in [3.63, 3.8) is 0 Å². The zero-order valence-electron chi connectivity index (χ0n) is 8.01. The molecule has 1 heterocycles. The lowest BCUT2D eigenvalue weighted by molar-refractivity contribution is 0.660. The Morgan fingerprint density at radius 2 is 2.00 bits per heavy atom. The Morgan fingerprint density at radius 1 is 1.29 bits per heavy atom. The average Bonchev–Trinajstić information content (AvgIpc) is 2.67. The molecule has 0 aliphatic heterocycles. The van der Waals surface area contributed by atoms with E-state index in [0.717, 1.165) is 23.6 Å². The molecule has 0 amide bonds. The molecular weight excluding hydrogens is 176 g/mol. The van der Waals surface area contributed by atoms with E-state index in [2.05, 4.69) is 10.1 Å². The number of hydrogen-bond donors (Lipinski definition) is 1. The van der Waals surface area contributed by atoms with Crippen LogP contribution in [0.25, 0.3) is 11.4 Å². The summed E-state index contributed by atoms with van der Waals surface area (Å²) >= 11 is 0. The first kappa shape index (κ1) is 8.74. The number of rotatable bonds is 2. The van der Waals surface area contributed by atoms with Crippen molar-refractivity contribution in [3.05, 3.63) is 30.6 Å². The standard InChI is InChI=1S/C10H12N4/c1-2-14-7-12-10(13-14)8-3-5-9(11)6-4-8/h3-7H,2,11H2,1H3. The van der Waals surface area contributed by atoms with E-state index in [1.807, 2.05) is 31.2 Å². The first-order valence-corrected chi connectivity index (χ1v) is 4.55. The molecule has 0 aliphatic carbocycles. The van der Waals surface area contributed by atoms with Gasteiger partial charge in [0.05, 0.1) is 0 Å². The SMILES string of the molecule is CCn1cnc(-c2ccc(N)cc2)n1. The van der Waals surface area contributed by atoms with Gasteiger partial charge >= 0.3 is 0 Å². The highest BCUT2D eigenvalue weighted by Crippen LogP contribution is 2.15. The van der Waals surface area contributed by atoms with E-state index in [1.54, 1.807) is 11.0 Å². The second kappa shape index (κ2) is 3.49. The van der Waals surface area contributed by atoms with Crippen LogP contribution in [0.1, 0.15) is 6.92 Å². The zero-order chi connectivity index (χ0) is 9.97. The van der Waals surface area contributed by atoms with E-state index in [9.17, 15) is 0 Å². The molecule has 0 saturated carbocycles. The summed E-state index contributed by atoms with van der Waals surface area (Å²) in [7, 11) is 0. The van der Waals surface area contributed by atoms with Gasteiger partial charge in [0.25, 0.3) is 0 Å². The Hall–Kier alpha value is -1.84. The Kier molecular flexibility index (Phi) is 2.18. The summed E-state index contributed by atoms with van der Waals surface area (Å²) in [6.45, 7) is 2.86. The lowest BCUT2D eigenvalue weighted by Gasteiger charge is -1.96. The molecule has 1 aromatic heterocycles. The molecule has 2 aromatic rings. The minimum atomic E-state index is 0.742. The van der Waals surface area contributed by atoms with Crippen molar-refractivity contribution in [1.82, 2.24) is 14.8 Å². The Balaban J connectivity index is 2.34. The van der Waals surface area contributed by atoms with Gasteiger partial charge in [0, 0.05) is 17.8 Å². The molecule has 0 spiro atoms. The van der Waals surface area contributed by atoms with E-state index in [-0.39, 0.29) is 0 Å². The molecular formula is C10H12N4. The van der Waals surface area contributed by atoms with Gasteiger partial charge in [-0.2, -0.15) is 5.10 Å². The Bertz CT molecular complexity index is 416. The predicted octanol–water partition coefficient (Wildman–Crippen LogP) is 1.55. The van der Waals surface area contributed by atoms with Gasteiger partial charge in [-0.1, -0.05) is 0 Å². The van der Waals surface area contributed by atoms with Crippen molar-refractivity contribution < 1.29 is 0 Å². The molecule has 72 valence electrons. The number of nitrogens with zero attached hydrogens (tertiary/aromatic N) is 3. The molecule has 4 nitrogen and oxygen atoms in total. The summed E-state index contributed by atoms with van der Waals surface area (Å²) in [5.74, 6) is 0.742. The average molecular weight is 188 g/mol. The van der Waals surface area contributed by atoms with Crippen LogP contribution in [0.15, 0.2) is 30.6 Å². The number of benzene rings is 1. The number of hydrogen-bond acceptors (Lipinski definition) is 3. The summed E-state index contributed by atoms with van der Waals surface area (Å²) in [6, 6.07) is 7.54. The van der Waals surface area contributed by atoms with Gasteiger partial charge in [0.2, 0.25) is 0 Å². The quantitative estimate of drug-likeness (QED) is 0.727. The summed E-state index contributed by atoms with van der Waals surface area (Å²) in [5.41, 5.74) is 7.34. The van der Waals surface area contributed by atoms with Gasteiger partial charge < -0.3 is 5.73 Å². The van der Waals surface area contributed by atoms with Crippen LogP contribution in [-0.2, 0) is 6.54 Å². The minimum Gasteiger partial charge on any atom is -0.399 e. The van der Waals surface area contributed by atoms with Gasteiger partial charge in [-0.25, -0.2) is 4.98 Å². The van der Waals surface area contributed by atoms with Crippen molar-refractivity contribution >= 4 is 5.69 Å². The lowest BCUT2D eigenvalue weighted by atomic mass is 10.2. The van der Waals surface area contributed by atoms with Crippen LogP contribution in [0.4, 0.5) is 5.69 Å². The number of anilines is 1. The number of aryl methyl sites for hydroxylation is 1. The van der Waals surface area contributed by atoms with Crippen LogP contribution in [0.2, 0.25) is 0 Å². The fraction of sp³-hybridized carbons (Fsp3) is 0.200. The van der Waals surface area contributed by atoms with Crippen LogP contribution in [0.3, 0.4) is 0 Å². The number of nitrogen functional groups attached to an aromatic ring is 1. The molecule has 0 aliphatic rings. The Morgan fingerprint density at radius 3 is 2.57 bits per heavy atom. The molecule has 0 atom stereocenters. The van der Waals surface area contributed by atoms with Crippen LogP contribution in [-0.4, -0.2) is 14.8 Å². The molecule has 2 rings (SSSR count). The van der Waals surface area contributed by atoms with E-state index >= 15 is 0 Å². The van der Waals surface area contributed by atoms with Crippen LogP contribution in [0.5, 0.6) is 0 Å². The third-order valence-corrected chi connectivity index (χ3v) is 2.03. The molecule has 4 heteroatoms. The molecule has 1 aromatic carbocycles. The maximum Gasteiger partial charge on any atom is 0.181 e. The van der Waals surface area contributed by atoms with E-state index in [1.165, 1.54) is 0 Å². The van der Waals surface area contributed by atoms with Gasteiger partial charge in [-0.3, -0.25) is 4.68 Å². The smallest absolute Gasteiger partial charge is 0.181 e. The van der Waals surface area contributed by atoms with Crippen molar-refractivity contribution in [3.8, 4) is 11.4 Å². The molecule has 0 bridgehead atoms. The second-order valence-electron chi connectivity index (χ2n) is 3.05. The Labute approximate surface area is 82.4 Å². The molecule has 0 saturated heterocycles. The number of aromatic nitrogens is 3. The summed E-state index contributed by atoms with van der Waals surface area (Å²) in [5, 5.41) is 4.29. The van der Waals surface area contributed by atoms with Crippen LogP contribution >= 0.6 is 0 Å². The third-order valence-electron chi connectivity index (χ3n) is 2.03. The largest absolute Gasteiger partial charge is 0.399 e. The van der Waals surface area contributed by atoms with Gasteiger partial charge in [0.15, 0.2) is 5.82 Å². The highest BCUT2D eigenvalue weighted by atomic mass is 15.3. The van der Waals surface area contributed by atoms with E-state index in [4.69, 9.17) is 5.73 Å². The zero-order valence-corrected chi connectivity index (χ0v) is 8.01. The molecule has 2 N–H and O–H groups in total. The van der Waals surface area contributed by atoms with E-state index in [0.29, 0.717) is 0 Å². The molecule has 0 unspecified atom stereocenters. The van der Waals surface area contributed by atoms with Crippen molar-refractivity contribution in [2.24, 2.45) is 0 Å². The normalized spacial score (nSPS) is 10.4. The minimum absolute atomic E-state index is 0.742. The monoisotopic (exact) mass is 188 g/mol. The summed E-state index contributed by atoms with van der Waals surface area (Å²) in [6.07, 6.45) is 1.73. The topological polar surface area (TPSA) is 56.7 Å². The van der Waals surface area contributed by atoms with E-state index < -0.39 is 0 Å². The highest BCUT2D eigenvalue weighted by molar-refractivity contribution is 5.57. The maximum absolute atomic E-state index is 5.59. The fourth-order valence-electron chi connectivity index (χ4n) is 1.21.